The summed E-state index contributed by atoms with van der Waals surface area (Å²) in [7, 11) is 0. The Balaban J connectivity index is 1.22. The highest BCUT2D eigenvalue weighted by Gasteiger charge is 2.47. The Hall–Kier alpha value is -6.60. The molecule has 11 aromatic rings. The highest BCUT2D eigenvalue weighted by atomic mass is 32.1. The van der Waals surface area contributed by atoms with Crippen molar-refractivity contribution in [3.8, 4) is 22.3 Å². The SMILES string of the molecule is CC(C)(C)c1ccc(N2B3c4cc5sccc5cc4N(c4ccc(C(C)(C)C)cc4-c4ccccc4)c4cc5c(oc6ccccc65)c(c43)-c3cc4c(cc32)sc2ccccc24)cc1. The Labute approximate surface area is 381 Å². The molecule has 0 N–H and O–H groups in total. The van der Waals surface area contributed by atoms with Crippen LogP contribution in [0.1, 0.15) is 52.7 Å². The maximum absolute atomic E-state index is 7.16. The second-order valence-corrected chi connectivity index (χ2v) is 21.8. The van der Waals surface area contributed by atoms with Crippen LogP contribution >= 0.6 is 22.7 Å². The molecule has 0 bridgehead atoms. The summed E-state index contributed by atoms with van der Waals surface area (Å²) in [4.78, 5) is 5.25. The Kier molecular flexibility index (Phi) is 7.98. The first-order chi connectivity index (χ1) is 31.0. The quantitative estimate of drug-likeness (QED) is 0.165. The van der Waals surface area contributed by atoms with Crippen LogP contribution in [-0.4, -0.2) is 6.85 Å². The lowest BCUT2D eigenvalue weighted by molar-refractivity contribution is 0.590. The number of thiophene rings is 2. The van der Waals surface area contributed by atoms with E-state index in [4.69, 9.17) is 4.42 Å². The number of para-hydroxylation sites is 1. The van der Waals surface area contributed by atoms with Gasteiger partial charge < -0.3 is 14.1 Å². The van der Waals surface area contributed by atoms with E-state index in [-0.39, 0.29) is 17.7 Å². The van der Waals surface area contributed by atoms with Gasteiger partial charge in [-0.2, -0.15) is 0 Å². The van der Waals surface area contributed by atoms with Crippen LogP contribution in [0.2, 0.25) is 0 Å². The summed E-state index contributed by atoms with van der Waals surface area (Å²) in [6.07, 6.45) is 0. The Morgan fingerprint density at radius 2 is 1.25 bits per heavy atom. The molecule has 2 aliphatic heterocycles. The average molecular weight is 861 g/mol. The second kappa shape index (κ2) is 13.5. The van der Waals surface area contributed by atoms with Gasteiger partial charge in [0.15, 0.2) is 0 Å². The Bertz CT molecular complexity index is 3710. The van der Waals surface area contributed by atoms with Crippen LogP contribution in [0, 0.1) is 0 Å². The molecule has 5 heterocycles. The van der Waals surface area contributed by atoms with Gasteiger partial charge in [-0.05, 0) is 122 Å². The van der Waals surface area contributed by atoms with Crippen molar-refractivity contribution in [1.29, 1.82) is 0 Å². The predicted molar refractivity (Wildman–Crippen MR) is 279 cm³/mol. The molecule has 64 heavy (non-hydrogen) atoms. The summed E-state index contributed by atoms with van der Waals surface area (Å²) in [6, 6.07) is 59.6. The van der Waals surface area contributed by atoms with Gasteiger partial charge >= 0.3 is 6.85 Å². The lowest BCUT2D eigenvalue weighted by Crippen LogP contribution is -2.61. The van der Waals surface area contributed by atoms with Crippen molar-refractivity contribution < 1.29 is 4.42 Å². The molecule has 0 saturated heterocycles. The van der Waals surface area contributed by atoms with E-state index in [2.05, 4.69) is 214 Å². The molecule has 3 aromatic heterocycles. The van der Waals surface area contributed by atoms with E-state index in [1.807, 2.05) is 22.7 Å². The summed E-state index contributed by atoms with van der Waals surface area (Å²) < 4.78 is 11.0. The van der Waals surface area contributed by atoms with Gasteiger partial charge in [0, 0.05) is 75.1 Å². The van der Waals surface area contributed by atoms with Crippen LogP contribution in [-0.2, 0) is 10.8 Å². The highest BCUT2D eigenvalue weighted by molar-refractivity contribution is 7.25. The molecule has 0 aliphatic carbocycles. The zero-order valence-corrected chi connectivity index (χ0v) is 38.4. The molecule has 6 heteroatoms. The summed E-state index contributed by atoms with van der Waals surface area (Å²) in [6.45, 7) is 13.7. The molecule has 13 rings (SSSR count). The zero-order valence-electron chi connectivity index (χ0n) is 36.8. The van der Waals surface area contributed by atoms with E-state index < -0.39 is 0 Å². The number of nitrogens with zero attached hydrogens (tertiary/aromatic N) is 2. The molecular formula is C58H45BN2OS2. The highest BCUT2D eigenvalue weighted by Crippen LogP contribution is 2.54. The number of rotatable bonds is 3. The van der Waals surface area contributed by atoms with Crippen molar-refractivity contribution in [2.45, 2.75) is 52.4 Å². The van der Waals surface area contributed by atoms with Crippen LogP contribution < -0.4 is 20.6 Å². The summed E-state index contributed by atoms with van der Waals surface area (Å²) >= 11 is 3.71. The third-order valence-electron chi connectivity index (χ3n) is 13.8. The third kappa shape index (κ3) is 5.52. The van der Waals surface area contributed by atoms with Crippen LogP contribution in [0.3, 0.4) is 0 Å². The smallest absolute Gasteiger partial charge is 0.333 e. The molecule has 0 spiro atoms. The van der Waals surface area contributed by atoms with Gasteiger partial charge in [0.25, 0.3) is 0 Å². The molecule has 8 aromatic carbocycles. The maximum atomic E-state index is 7.16. The van der Waals surface area contributed by atoms with Crippen LogP contribution in [0.15, 0.2) is 168 Å². The number of anilines is 5. The molecule has 0 atom stereocenters. The van der Waals surface area contributed by atoms with Crippen molar-refractivity contribution in [2.75, 3.05) is 9.71 Å². The van der Waals surface area contributed by atoms with E-state index in [9.17, 15) is 0 Å². The van der Waals surface area contributed by atoms with Gasteiger partial charge in [-0.1, -0.05) is 126 Å². The third-order valence-corrected chi connectivity index (χ3v) is 15.8. The van der Waals surface area contributed by atoms with E-state index in [0.717, 1.165) is 27.6 Å². The predicted octanol–water partition coefficient (Wildman–Crippen LogP) is 16.1. The molecule has 0 unspecified atom stereocenters. The first-order valence-electron chi connectivity index (χ1n) is 22.3. The zero-order chi connectivity index (χ0) is 43.2. The average Bonchev–Trinajstić information content (AvgIpc) is 4.02. The minimum atomic E-state index is -0.158. The Morgan fingerprint density at radius 3 is 2.05 bits per heavy atom. The van der Waals surface area contributed by atoms with E-state index in [0.29, 0.717) is 0 Å². The van der Waals surface area contributed by atoms with Crippen molar-refractivity contribution in [3.05, 3.63) is 174 Å². The molecule has 0 saturated carbocycles. The van der Waals surface area contributed by atoms with Gasteiger partial charge in [-0.15, -0.1) is 22.7 Å². The second-order valence-electron chi connectivity index (χ2n) is 19.7. The number of benzene rings is 8. The maximum Gasteiger partial charge on any atom is 0.333 e. The van der Waals surface area contributed by atoms with Crippen molar-refractivity contribution in [3.63, 3.8) is 0 Å². The first kappa shape index (κ1) is 37.9. The minimum absolute atomic E-state index is 0.0238. The van der Waals surface area contributed by atoms with E-state index >= 15 is 0 Å². The molecule has 3 nitrogen and oxygen atoms in total. The normalized spacial score (nSPS) is 13.7. The Morgan fingerprint density at radius 1 is 0.516 bits per heavy atom. The van der Waals surface area contributed by atoms with Gasteiger partial charge in [-0.25, -0.2) is 0 Å². The largest absolute Gasteiger partial charge is 0.455 e. The number of fused-ring (bicyclic) bond motifs is 12. The van der Waals surface area contributed by atoms with Gasteiger partial charge in [0.2, 0.25) is 0 Å². The molecule has 2 aliphatic rings. The molecular weight excluding hydrogens is 816 g/mol. The molecule has 0 fully saturated rings. The van der Waals surface area contributed by atoms with E-state index in [1.54, 1.807) is 0 Å². The lowest BCUT2D eigenvalue weighted by atomic mass is 9.43. The fraction of sp³-hybridized carbons (Fsp3) is 0.138. The molecule has 308 valence electrons. The van der Waals surface area contributed by atoms with Crippen LogP contribution in [0.5, 0.6) is 0 Å². The van der Waals surface area contributed by atoms with Gasteiger partial charge in [0.05, 0.1) is 5.69 Å². The number of hydrogen-bond acceptors (Lipinski definition) is 5. The van der Waals surface area contributed by atoms with E-state index in [1.165, 1.54) is 97.3 Å². The number of furan rings is 1. The van der Waals surface area contributed by atoms with Crippen LogP contribution in [0.4, 0.5) is 28.4 Å². The van der Waals surface area contributed by atoms with Crippen molar-refractivity contribution >= 4 is 121 Å². The van der Waals surface area contributed by atoms with Crippen molar-refractivity contribution in [1.82, 2.24) is 0 Å². The fourth-order valence-electron chi connectivity index (χ4n) is 10.6. The standard InChI is InChI=1S/C58H45BN2OS2/c1-57(2,3)36-20-23-38(24-21-36)61-47-33-53-42(40-17-11-13-19-51(40)64-53)30-44(47)54-55-49(31-43-39-16-10-12-18-50(39)62-56(43)54)60(48-28-35-26-27-63-52(35)32-45(48)59(55)61)46-25-22-37(58(4,5)6)29-41(46)34-14-8-7-9-15-34/h7-33H,1-6H3. The lowest BCUT2D eigenvalue weighted by Gasteiger charge is -2.46. The molecule has 0 radical (unpaired) electrons. The van der Waals surface area contributed by atoms with Gasteiger partial charge in [0.1, 0.15) is 11.2 Å². The summed E-state index contributed by atoms with van der Waals surface area (Å²) in [5.74, 6) is 0. The fourth-order valence-corrected chi connectivity index (χ4v) is 12.5. The monoisotopic (exact) mass is 860 g/mol. The first-order valence-corrected chi connectivity index (χ1v) is 24.0. The number of hydrogen-bond donors (Lipinski definition) is 0. The topological polar surface area (TPSA) is 19.6 Å². The van der Waals surface area contributed by atoms with Crippen molar-refractivity contribution in [2.24, 2.45) is 0 Å². The summed E-state index contributed by atoms with van der Waals surface area (Å²) in [5.41, 5.74) is 17.7. The minimum Gasteiger partial charge on any atom is -0.455 e. The van der Waals surface area contributed by atoms with Crippen LogP contribution in [0.25, 0.3) is 74.5 Å². The molecule has 0 amide bonds. The van der Waals surface area contributed by atoms with Gasteiger partial charge in [-0.3, -0.25) is 0 Å². The summed E-state index contributed by atoms with van der Waals surface area (Å²) in [5, 5.41) is 8.32.